The first kappa shape index (κ1) is 16.4. The molecule has 0 bridgehead atoms. The van der Waals surface area contributed by atoms with Crippen molar-refractivity contribution in [3.63, 3.8) is 0 Å². The lowest BCUT2D eigenvalue weighted by molar-refractivity contribution is 0.0690. The Bertz CT molecular complexity index is 449. The summed E-state index contributed by atoms with van der Waals surface area (Å²) < 4.78 is 0. The van der Waals surface area contributed by atoms with Gasteiger partial charge in [-0.2, -0.15) is 0 Å². The number of carboxylic acids is 1. The minimum atomic E-state index is -1.03. The van der Waals surface area contributed by atoms with Crippen LogP contribution < -0.4 is 5.32 Å². The first-order valence-electron chi connectivity index (χ1n) is 6.93. The molecule has 6 heteroatoms. The molecule has 0 aliphatic heterocycles. The number of nitrogens with one attached hydrogen (secondary N) is 1. The Kier molecular flexibility index (Phi) is 6.38. The van der Waals surface area contributed by atoms with Gasteiger partial charge < -0.3 is 15.3 Å². The maximum Gasteiger partial charge on any atom is 0.354 e. The van der Waals surface area contributed by atoms with Gasteiger partial charge in [0.25, 0.3) is 0 Å². The maximum atomic E-state index is 10.9. The number of anilines is 1. The molecule has 0 unspecified atom stereocenters. The van der Waals surface area contributed by atoms with Crippen LogP contribution in [0.15, 0.2) is 6.07 Å². The molecule has 0 atom stereocenters. The zero-order valence-corrected chi connectivity index (χ0v) is 12.7. The van der Waals surface area contributed by atoms with Gasteiger partial charge in [-0.1, -0.05) is 0 Å². The number of carboxylic acid groups (broad SMARTS) is 1. The van der Waals surface area contributed by atoms with Crippen LogP contribution in [-0.2, 0) is 0 Å². The Labute approximate surface area is 120 Å². The molecule has 0 saturated carbocycles. The largest absolute Gasteiger partial charge is 0.477 e. The molecule has 1 rings (SSSR count). The second kappa shape index (κ2) is 7.79. The topological polar surface area (TPSA) is 78.3 Å². The van der Waals surface area contributed by atoms with E-state index in [-0.39, 0.29) is 5.69 Å². The lowest BCUT2D eigenvalue weighted by atomic mass is 10.2. The van der Waals surface area contributed by atoms with E-state index in [1.165, 1.54) is 6.07 Å². The average Bonchev–Trinajstić information content (AvgIpc) is 2.37. The van der Waals surface area contributed by atoms with E-state index in [2.05, 4.69) is 41.1 Å². The van der Waals surface area contributed by atoms with Crippen LogP contribution in [0.4, 0.5) is 5.95 Å². The fourth-order valence-electron chi connectivity index (χ4n) is 1.70. The van der Waals surface area contributed by atoms with Gasteiger partial charge in [0.1, 0.15) is 0 Å². The molecule has 0 aliphatic carbocycles. The summed E-state index contributed by atoms with van der Waals surface area (Å²) in [4.78, 5) is 21.3. The van der Waals surface area contributed by atoms with Crippen molar-refractivity contribution in [2.75, 3.05) is 25.5 Å². The number of nitrogens with zero attached hydrogens (tertiary/aromatic N) is 3. The van der Waals surface area contributed by atoms with Gasteiger partial charge in [0.15, 0.2) is 5.69 Å². The van der Waals surface area contributed by atoms with Crippen LogP contribution in [0.3, 0.4) is 0 Å². The summed E-state index contributed by atoms with van der Waals surface area (Å²) in [5.41, 5.74) is 0.680. The van der Waals surface area contributed by atoms with Crippen LogP contribution in [0.2, 0.25) is 0 Å². The van der Waals surface area contributed by atoms with Gasteiger partial charge in [0.2, 0.25) is 5.95 Å². The fourth-order valence-corrected chi connectivity index (χ4v) is 1.70. The Morgan fingerprint density at radius 2 is 2.10 bits per heavy atom. The van der Waals surface area contributed by atoms with E-state index < -0.39 is 5.97 Å². The van der Waals surface area contributed by atoms with Crippen molar-refractivity contribution in [2.45, 2.75) is 39.7 Å². The molecular formula is C14H24N4O2. The zero-order valence-electron chi connectivity index (χ0n) is 12.7. The summed E-state index contributed by atoms with van der Waals surface area (Å²) in [5.74, 6) is -0.642. The summed E-state index contributed by atoms with van der Waals surface area (Å²) in [6.07, 6.45) is 2.08. The summed E-state index contributed by atoms with van der Waals surface area (Å²) >= 11 is 0. The predicted molar refractivity (Wildman–Crippen MR) is 79.2 cm³/mol. The zero-order chi connectivity index (χ0) is 15.1. The van der Waals surface area contributed by atoms with E-state index >= 15 is 0 Å². The van der Waals surface area contributed by atoms with E-state index in [0.29, 0.717) is 17.7 Å². The monoisotopic (exact) mass is 280 g/mol. The van der Waals surface area contributed by atoms with Gasteiger partial charge in [-0.05, 0) is 53.3 Å². The van der Waals surface area contributed by atoms with Crippen LogP contribution >= 0.6 is 0 Å². The average molecular weight is 280 g/mol. The number of aryl methyl sites for hydroxylation is 1. The number of hydrogen-bond donors (Lipinski definition) is 2. The van der Waals surface area contributed by atoms with E-state index in [4.69, 9.17) is 5.11 Å². The van der Waals surface area contributed by atoms with E-state index in [9.17, 15) is 4.79 Å². The van der Waals surface area contributed by atoms with Crippen molar-refractivity contribution in [3.05, 3.63) is 17.5 Å². The highest BCUT2D eigenvalue weighted by Crippen LogP contribution is 2.05. The molecule has 112 valence electrons. The Hall–Kier alpha value is -1.69. The minimum Gasteiger partial charge on any atom is -0.477 e. The quantitative estimate of drug-likeness (QED) is 0.709. The first-order valence-corrected chi connectivity index (χ1v) is 6.93. The maximum absolute atomic E-state index is 10.9. The lowest BCUT2D eigenvalue weighted by Gasteiger charge is -2.20. The second-order valence-electron chi connectivity index (χ2n) is 5.23. The van der Waals surface area contributed by atoms with Gasteiger partial charge in [0, 0.05) is 18.3 Å². The van der Waals surface area contributed by atoms with Crippen molar-refractivity contribution in [1.82, 2.24) is 14.9 Å². The summed E-state index contributed by atoms with van der Waals surface area (Å²) in [6.45, 7) is 7.90. The molecule has 0 amide bonds. The van der Waals surface area contributed by atoms with E-state index in [1.54, 1.807) is 6.92 Å². The first-order chi connectivity index (χ1) is 9.40. The number of aromatic carboxylic acids is 1. The van der Waals surface area contributed by atoms with Crippen molar-refractivity contribution in [3.8, 4) is 0 Å². The SMILES string of the molecule is Cc1cc(C(=O)O)nc(NCCCCN(C)C(C)C)n1. The predicted octanol–water partition coefficient (Wildman–Crippen LogP) is 2.02. The Morgan fingerprint density at radius 3 is 2.70 bits per heavy atom. The third kappa shape index (κ3) is 5.52. The van der Waals surface area contributed by atoms with Gasteiger partial charge in [-0.3, -0.25) is 0 Å². The molecule has 20 heavy (non-hydrogen) atoms. The molecule has 0 fully saturated rings. The lowest BCUT2D eigenvalue weighted by Crippen LogP contribution is -2.27. The van der Waals surface area contributed by atoms with Crippen molar-refractivity contribution >= 4 is 11.9 Å². The summed E-state index contributed by atoms with van der Waals surface area (Å²) in [6, 6.07) is 2.02. The molecule has 0 spiro atoms. The molecule has 6 nitrogen and oxygen atoms in total. The number of aromatic nitrogens is 2. The molecular weight excluding hydrogens is 256 g/mol. The number of hydrogen-bond acceptors (Lipinski definition) is 5. The van der Waals surface area contributed by atoms with E-state index in [1.807, 2.05) is 0 Å². The van der Waals surface area contributed by atoms with Crippen molar-refractivity contribution in [2.24, 2.45) is 0 Å². The normalized spacial score (nSPS) is 11.1. The highest BCUT2D eigenvalue weighted by Gasteiger charge is 2.08. The van der Waals surface area contributed by atoms with Crippen LogP contribution in [0.1, 0.15) is 42.9 Å². The fraction of sp³-hybridized carbons (Fsp3) is 0.643. The van der Waals surface area contributed by atoms with Crippen LogP contribution in [0, 0.1) is 6.92 Å². The second-order valence-corrected chi connectivity index (χ2v) is 5.23. The van der Waals surface area contributed by atoms with Gasteiger partial charge in [-0.15, -0.1) is 0 Å². The smallest absolute Gasteiger partial charge is 0.354 e. The summed E-state index contributed by atoms with van der Waals surface area (Å²) in [5, 5.41) is 12.0. The highest BCUT2D eigenvalue weighted by molar-refractivity contribution is 5.85. The van der Waals surface area contributed by atoms with Crippen LogP contribution in [0.25, 0.3) is 0 Å². The molecule has 0 radical (unpaired) electrons. The number of carbonyl (C=O) groups is 1. The third-order valence-electron chi connectivity index (χ3n) is 3.18. The Balaban J connectivity index is 2.37. The standard InChI is InChI=1S/C14H24N4O2/c1-10(2)18(4)8-6-5-7-15-14-16-11(3)9-12(17-14)13(19)20/h9-10H,5-8H2,1-4H3,(H,19,20)(H,15,16,17). The van der Waals surface area contributed by atoms with Crippen LogP contribution in [-0.4, -0.2) is 52.1 Å². The highest BCUT2D eigenvalue weighted by atomic mass is 16.4. The van der Waals surface area contributed by atoms with Crippen LogP contribution in [0.5, 0.6) is 0 Å². The number of rotatable bonds is 8. The van der Waals surface area contributed by atoms with Gasteiger partial charge >= 0.3 is 5.97 Å². The van der Waals surface area contributed by atoms with Crippen molar-refractivity contribution < 1.29 is 9.90 Å². The number of unbranched alkanes of at least 4 members (excludes halogenated alkanes) is 1. The van der Waals surface area contributed by atoms with Gasteiger partial charge in [0.05, 0.1) is 0 Å². The minimum absolute atomic E-state index is 0.0274. The molecule has 0 aromatic carbocycles. The molecule has 1 aromatic heterocycles. The summed E-state index contributed by atoms with van der Waals surface area (Å²) in [7, 11) is 2.11. The molecule has 0 saturated heterocycles. The molecule has 2 N–H and O–H groups in total. The molecule has 0 aliphatic rings. The van der Waals surface area contributed by atoms with Gasteiger partial charge in [-0.25, -0.2) is 14.8 Å². The Morgan fingerprint density at radius 1 is 1.40 bits per heavy atom. The third-order valence-corrected chi connectivity index (χ3v) is 3.18. The van der Waals surface area contributed by atoms with E-state index in [0.717, 1.165) is 25.9 Å². The molecule has 1 aromatic rings. The molecule has 1 heterocycles. The van der Waals surface area contributed by atoms with Crippen molar-refractivity contribution in [1.29, 1.82) is 0 Å².